The van der Waals surface area contributed by atoms with Gasteiger partial charge < -0.3 is 10.4 Å². The van der Waals surface area contributed by atoms with Crippen molar-refractivity contribution in [2.45, 2.75) is 11.3 Å². The summed E-state index contributed by atoms with van der Waals surface area (Å²) >= 11 is 0. The van der Waals surface area contributed by atoms with Crippen LogP contribution in [-0.4, -0.2) is 26.5 Å². The van der Waals surface area contributed by atoms with Crippen LogP contribution in [0, 0.1) is 11.3 Å². The molecule has 0 fully saturated rings. The number of sulfonamides is 1. The quantitative estimate of drug-likeness (QED) is 0.737. The van der Waals surface area contributed by atoms with Crippen LogP contribution in [0.2, 0.25) is 0 Å². The Labute approximate surface area is 139 Å². The lowest BCUT2D eigenvalue weighted by Gasteiger charge is -2.13. The molecule has 0 amide bonds. The van der Waals surface area contributed by atoms with Crippen LogP contribution in [0.15, 0.2) is 47.4 Å². The van der Waals surface area contributed by atoms with E-state index in [9.17, 15) is 13.2 Å². The van der Waals surface area contributed by atoms with Crippen LogP contribution in [0.1, 0.15) is 11.1 Å². The number of carboxylic acids is 1. The minimum Gasteiger partial charge on any atom is -0.481 e. The highest BCUT2D eigenvalue weighted by molar-refractivity contribution is 7.92. The molecule has 0 aliphatic carbocycles. The van der Waals surface area contributed by atoms with Gasteiger partial charge in [-0.3, -0.25) is 9.52 Å². The lowest BCUT2D eigenvalue weighted by molar-refractivity contribution is -0.136. The van der Waals surface area contributed by atoms with Crippen molar-refractivity contribution in [3.05, 3.63) is 53.6 Å². The van der Waals surface area contributed by atoms with Gasteiger partial charge in [-0.1, -0.05) is 12.1 Å². The van der Waals surface area contributed by atoms with E-state index in [4.69, 9.17) is 10.4 Å². The molecule has 0 spiro atoms. The highest BCUT2D eigenvalue weighted by atomic mass is 32.2. The van der Waals surface area contributed by atoms with Gasteiger partial charge in [0.1, 0.15) is 0 Å². The molecule has 0 saturated heterocycles. The molecule has 0 aliphatic rings. The largest absolute Gasteiger partial charge is 0.481 e. The first kappa shape index (κ1) is 17.3. The fourth-order valence-corrected chi connectivity index (χ4v) is 3.15. The maximum atomic E-state index is 12.5. The van der Waals surface area contributed by atoms with E-state index in [1.54, 1.807) is 19.2 Å². The summed E-state index contributed by atoms with van der Waals surface area (Å²) < 4.78 is 27.4. The molecule has 7 nitrogen and oxygen atoms in total. The van der Waals surface area contributed by atoms with Crippen LogP contribution < -0.4 is 10.0 Å². The number of nitrogens with zero attached hydrogens (tertiary/aromatic N) is 1. The summed E-state index contributed by atoms with van der Waals surface area (Å²) in [6.07, 6.45) is -0.179. The van der Waals surface area contributed by atoms with E-state index in [0.717, 1.165) is 0 Å². The Kier molecular flexibility index (Phi) is 5.06. The van der Waals surface area contributed by atoms with Crippen LogP contribution in [0.5, 0.6) is 0 Å². The lowest BCUT2D eigenvalue weighted by atomic mass is 10.2. The number of rotatable bonds is 6. The van der Waals surface area contributed by atoms with Crippen molar-refractivity contribution in [3.63, 3.8) is 0 Å². The monoisotopic (exact) mass is 345 g/mol. The number of nitrogens with one attached hydrogen (secondary N) is 2. The second-order valence-corrected chi connectivity index (χ2v) is 6.62. The van der Waals surface area contributed by atoms with Crippen molar-refractivity contribution in [3.8, 4) is 6.07 Å². The second-order valence-electron chi connectivity index (χ2n) is 4.94. The van der Waals surface area contributed by atoms with Gasteiger partial charge in [-0.25, -0.2) is 8.42 Å². The van der Waals surface area contributed by atoms with Gasteiger partial charge in [0.2, 0.25) is 0 Å². The van der Waals surface area contributed by atoms with Crippen molar-refractivity contribution in [2.75, 3.05) is 17.1 Å². The van der Waals surface area contributed by atoms with E-state index >= 15 is 0 Å². The summed E-state index contributed by atoms with van der Waals surface area (Å²) in [6.45, 7) is 0. The molecular formula is C16H15N3O4S. The molecule has 2 rings (SSSR count). The van der Waals surface area contributed by atoms with E-state index in [-0.39, 0.29) is 17.0 Å². The number of nitriles is 1. The lowest BCUT2D eigenvalue weighted by Crippen LogP contribution is -2.14. The highest BCUT2D eigenvalue weighted by Crippen LogP contribution is 2.25. The molecule has 0 saturated carbocycles. The van der Waals surface area contributed by atoms with Gasteiger partial charge in [-0.05, 0) is 35.9 Å². The van der Waals surface area contributed by atoms with Gasteiger partial charge in [-0.2, -0.15) is 5.26 Å². The maximum absolute atomic E-state index is 12.5. The molecule has 24 heavy (non-hydrogen) atoms. The van der Waals surface area contributed by atoms with Crippen molar-refractivity contribution < 1.29 is 18.3 Å². The summed E-state index contributed by atoms with van der Waals surface area (Å²) in [6, 6.07) is 12.1. The topological polar surface area (TPSA) is 119 Å². The molecule has 124 valence electrons. The molecule has 0 unspecified atom stereocenters. The zero-order chi connectivity index (χ0) is 17.7. The van der Waals surface area contributed by atoms with Crippen molar-refractivity contribution in [1.29, 1.82) is 5.26 Å². The van der Waals surface area contributed by atoms with Crippen molar-refractivity contribution >= 4 is 27.4 Å². The van der Waals surface area contributed by atoms with E-state index in [1.807, 2.05) is 6.07 Å². The molecule has 3 N–H and O–H groups in total. The van der Waals surface area contributed by atoms with Crippen LogP contribution in [-0.2, 0) is 21.2 Å². The fourth-order valence-electron chi connectivity index (χ4n) is 2.08. The molecule has 0 atom stereocenters. The van der Waals surface area contributed by atoms with Gasteiger partial charge >= 0.3 is 5.97 Å². The predicted molar refractivity (Wildman–Crippen MR) is 89.3 cm³/mol. The predicted octanol–water partition coefficient (Wildman–Crippen LogP) is 2.03. The molecule has 8 heteroatoms. The smallest absolute Gasteiger partial charge is 0.307 e. The van der Waals surface area contributed by atoms with Crippen molar-refractivity contribution in [1.82, 2.24) is 0 Å². The van der Waals surface area contributed by atoms with Gasteiger partial charge in [0.25, 0.3) is 10.0 Å². The normalized spacial score (nSPS) is 10.7. The highest BCUT2D eigenvalue weighted by Gasteiger charge is 2.16. The number of hydrogen-bond acceptors (Lipinski definition) is 5. The number of benzene rings is 2. The maximum Gasteiger partial charge on any atom is 0.307 e. The standard InChI is InChI=1S/C16H15N3O4S/c1-18-14-7-4-12(10-17)8-15(14)19-24(22,23)13-5-2-11(3-6-13)9-16(20)21/h2-8,18-19H,9H2,1H3,(H,20,21). The third-order valence-electron chi connectivity index (χ3n) is 3.25. The third kappa shape index (κ3) is 4.02. The average molecular weight is 345 g/mol. The Balaban J connectivity index is 2.32. The van der Waals surface area contributed by atoms with Crippen LogP contribution in [0.25, 0.3) is 0 Å². The van der Waals surface area contributed by atoms with E-state index in [0.29, 0.717) is 16.8 Å². The Hall–Kier alpha value is -3.05. The SMILES string of the molecule is CNc1ccc(C#N)cc1NS(=O)(=O)c1ccc(CC(=O)O)cc1. The number of carbonyl (C=O) groups is 1. The van der Waals surface area contributed by atoms with Crippen LogP contribution >= 0.6 is 0 Å². The number of carboxylic acid groups (broad SMARTS) is 1. The van der Waals surface area contributed by atoms with E-state index in [2.05, 4.69) is 10.0 Å². The second kappa shape index (κ2) is 7.02. The Bertz CT molecular complexity index is 900. The summed E-state index contributed by atoms with van der Waals surface area (Å²) in [4.78, 5) is 10.7. The third-order valence-corrected chi connectivity index (χ3v) is 4.63. The zero-order valence-corrected chi connectivity index (χ0v) is 13.6. The first-order chi connectivity index (χ1) is 11.4. The van der Waals surface area contributed by atoms with Gasteiger partial charge in [0, 0.05) is 7.05 Å². The molecule has 2 aromatic carbocycles. The minimum atomic E-state index is -3.86. The van der Waals surface area contributed by atoms with Gasteiger partial charge in [0.05, 0.1) is 34.3 Å². The molecule has 0 aliphatic heterocycles. The van der Waals surface area contributed by atoms with Gasteiger partial charge in [0.15, 0.2) is 0 Å². The molecule has 0 heterocycles. The first-order valence-corrected chi connectivity index (χ1v) is 8.39. The summed E-state index contributed by atoms with van der Waals surface area (Å²) in [5.74, 6) is -0.990. The Morgan fingerprint density at radius 2 is 1.83 bits per heavy atom. The van der Waals surface area contributed by atoms with Crippen LogP contribution in [0.3, 0.4) is 0 Å². The molecule has 0 radical (unpaired) electrons. The fraction of sp³-hybridized carbons (Fsp3) is 0.125. The molecule has 2 aromatic rings. The average Bonchev–Trinajstić information content (AvgIpc) is 2.54. The zero-order valence-electron chi connectivity index (χ0n) is 12.8. The number of hydrogen-bond donors (Lipinski definition) is 3. The first-order valence-electron chi connectivity index (χ1n) is 6.91. The Morgan fingerprint density at radius 1 is 1.17 bits per heavy atom. The Morgan fingerprint density at radius 3 is 2.38 bits per heavy atom. The number of aliphatic carboxylic acids is 1. The van der Waals surface area contributed by atoms with E-state index in [1.165, 1.54) is 30.3 Å². The summed E-state index contributed by atoms with van der Waals surface area (Å²) in [7, 11) is -2.22. The summed E-state index contributed by atoms with van der Waals surface area (Å²) in [5.41, 5.74) is 1.61. The molecule has 0 aromatic heterocycles. The van der Waals surface area contributed by atoms with E-state index < -0.39 is 16.0 Å². The molecular weight excluding hydrogens is 330 g/mol. The molecule has 0 bridgehead atoms. The number of anilines is 2. The van der Waals surface area contributed by atoms with Crippen LogP contribution in [0.4, 0.5) is 11.4 Å². The summed E-state index contributed by atoms with van der Waals surface area (Å²) in [5, 5.41) is 20.5. The van der Waals surface area contributed by atoms with Gasteiger partial charge in [-0.15, -0.1) is 0 Å². The van der Waals surface area contributed by atoms with Crippen molar-refractivity contribution in [2.24, 2.45) is 0 Å². The minimum absolute atomic E-state index is 0.000975.